The number of hydrogen-bond acceptors (Lipinski definition) is 11. The van der Waals surface area contributed by atoms with Gasteiger partial charge in [0.25, 0.3) is 0 Å². The lowest BCUT2D eigenvalue weighted by Gasteiger charge is -2.11. The zero-order valence-corrected chi connectivity index (χ0v) is 32.6. The summed E-state index contributed by atoms with van der Waals surface area (Å²) < 4.78 is 18.6. The Hall–Kier alpha value is -8.72. The molecule has 0 saturated carbocycles. The van der Waals surface area contributed by atoms with Gasteiger partial charge in [-0.1, -0.05) is 36.4 Å². The first-order valence-electron chi connectivity index (χ1n) is 18.9. The quantitative estimate of drug-likeness (QED) is 0.105. The molecule has 0 amide bonds. The number of hydrogen-bond donors (Lipinski definition) is 4. The molecule has 0 spiro atoms. The Morgan fingerprint density at radius 2 is 1.10 bits per heavy atom. The molecule has 298 valence electrons. The number of nitrogens with zero attached hydrogens (tertiary/aromatic N) is 6. The Balaban J connectivity index is 0.000000156. The number of methoxy groups -OCH3 is 1. The molecule has 6 aromatic heterocycles. The predicted molar refractivity (Wildman–Crippen MR) is 225 cm³/mol. The van der Waals surface area contributed by atoms with Crippen LogP contribution >= 0.6 is 0 Å². The first-order chi connectivity index (χ1) is 29.7. The average Bonchev–Trinajstić information content (AvgIpc) is 4.14. The van der Waals surface area contributed by atoms with Crippen LogP contribution < -0.4 is 15.7 Å². The lowest BCUT2D eigenvalue weighted by atomic mass is 10.1. The highest BCUT2D eigenvalue weighted by Crippen LogP contribution is 2.23. The van der Waals surface area contributed by atoms with Gasteiger partial charge in [0, 0.05) is 0 Å². The lowest BCUT2D eigenvalue weighted by molar-refractivity contribution is 0.0996. The Morgan fingerprint density at radius 3 is 1.56 bits per heavy atom. The van der Waals surface area contributed by atoms with Crippen molar-refractivity contribution in [2.75, 3.05) is 7.11 Å². The maximum atomic E-state index is 13.0. The summed E-state index contributed by atoms with van der Waals surface area (Å²) in [5.41, 5.74) is 6.97. The number of furan rings is 2. The van der Waals surface area contributed by atoms with Crippen molar-refractivity contribution in [1.82, 2.24) is 39.5 Å². The summed E-state index contributed by atoms with van der Waals surface area (Å²) in [6, 6.07) is 39.5. The van der Waals surface area contributed by atoms with Gasteiger partial charge in [0.2, 0.25) is 11.6 Å². The molecule has 15 heteroatoms. The van der Waals surface area contributed by atoms with E-state index in [2.05, 4.69) is 30.1 Å². The number of aryl methyl sites for hydroxylation is 1. The second kappa shape index (κ2) is 15.9. The highest BCUT2D eigenvalue weighted by atomic mass is 16.5. The first-order valence-corrected chi connectivity index (χ1v) is 18.9. The minimum absolute atomic E-state index is 0.0835. The summed E-state index contributed by atoms with van der Waals surface area (Å²) in [6.07, 6.45) is 2.88. The second-order valence-corrected chi connectivity index (χ2v) is 13.8. The van der Waals surface area contributed by atoms with Gasteiger partial charge in [0.05, 0.1) is 64.2 Å². The van der Waals surface area contributed by atoms with E-state index in [-0.39, 0.29) is 45.5 Å². The maximum Gasteiger partial charge on any atom is 0.248 e. The molecule has 0 aliphatic heterocycles. The SMILES string of the molecule is COc1ccc(-n2nc(C(=O)c3ccco3)cc(-c3nc4ccccc4[nH]3)c2=N)cc1.Cc1cccc(-n2nc(C(=O)c3ccco3)cc(-c3nc4ccccc4[nH]3)c2=N)c1. The number of fused-ring (bicyclic) bond motifs is 2. The fraction of sp³-hybridized carbons (Fsp3) is 0.0435. The molecule has 0 aliphatic carbocycles. The molecule has 4 N–H and O–H groups in total. The summed E-state index contributed by atoms with van der Waals surface area (Å²) in [4.78, 5) is 41.6. The van der Waals surface area contributed by atoms with Gasteiger partial charge in [0.15, 0.2) is 22.5 Å². The number of benzene rings is 4. The van der Waals surface area contributed by atoms with Crippen LogP contribution in [0.2, 0.25) is 0 Å². The number of aromatic amines is 2. The van der Waals surface area contributed by atoms with E-state index in [1.54, 1.807) is 67.8 Å². The summed E-state index contributed by atoms with van der Waals surface area (Å²) in [5.74, 6) is 1.26. The number of H-pyrrole nitrogens is 2. The van der Waals surface area contributed by atoms with Gasteiger partial charge in [-0.15, -0.1) is 0 Å². The number of ether oxygens (including phenoxy) is 1. The van der Waals surface area contributed by atoms with Crippen molar-refractivity contribution < 1.29 is 23.2 Å². The number of rotatable bonds is 9. The molecule has 0 aliphatic rings. The van der Waals surface area contributed by atoms with Gasteiger partial charge < -0.3 is 23.5 Å². The summed E-state index contributed by atoms with van der Waals surface area (Å²) in [5, 5.41) is 26.5. The molecular formula is C46H34N10O5. The number of nitrogens with one attached hydrogen (secondary N) is 4. The second-order valence-electron chi connectivity index (χ2n) is 13.8. The Kier molecular flexibility index (Phi) is 9.87. The van der Waals surface area contributed by atoms with Crippen LogP contribution in [0.1, 0.15) is 38.1 Å². The zero-order valence-electron chi connectivity index (χ0n) is 32.6. The van der Waals surface area contributed by atoms with E-state index in [0.717, 1.165) is 27.6 Å². The molecule has 10 aromatic rings. The molecule has 10 rings (SSSR count). The fourth-order valence-electron chi connectivity index (χ4n) is 6.68. The van der Waals surface area contributed by atoms with Crippen molar-refractivity contribution in [3.63, 3.8) is 0 Å². The molecule has 0 bridgehead atoms. The van der Waals surface area contributed by atoms with Crippen LogP contribution in [0, 0.1) is 17.7 Å². The third-order valence-electron chi connectivity index (χ3n) is 9.72. The van der Waals surface area contributed by atoms with Crippen molar-refractivity contribution in [3.05, 3.63) is 185 Å². The number of imidazole rings is 2. The summed E-state index contributed by atoms with van der Waals surface area (Å²) in [6.45, 7) is 1.96. The van der Waals surface area contributed by atoms with Gasteiger partial charge in [-0.25, -0.2) is 19.3 Å². The molecule has 0 radical (unpaired) electrons. The van der Waals surface area contributed by atoms with Crippen LogP contribution in [0.25, 0.3) is 56.2 Å². The highest BCUT2D eigenvalue weighted by molar-refractivity contribution is 6.06. The van der Waals surface area contributed by atoms with Gasteiger partial charge >= 0.3 is 0 Å². The van der Waals surface area contributed by atoms with Crippen molar-refractivity contribution in [2.24, 2.45) is 0 Å². The van der Waals surface area contributed by atoms with E-state index in [9.17, 15) is 9.59 Å². The van der Waals surface area contributed by atoms with Crippen molar-refractivity contribution in [1.29, 1.82) is 10.8 Å². The van der Waals surface area contributed by atoms with E-state index >= 15 is 0 Å². The van der Waals surface area contributed by atoms with Crippen molar-refractivity contribution in [3.8, 4) is 39.9 Å². The molecule has 0 saturated heterocycles. The van der Waals surface area contributed by atoms with E-state index in [1.807, 2.05) is 79.7 Å². The van der Waals surface area contributed by atoms with Gasteiger partial charge in [-0.3, -0.25) is 20.4 Å². The van der Waals surface area contributed by atoms with E-state index in [4.69, 9.17) is 24.4 Å². The minimum atomic E-state index is -0.385. The van der Waals surface area contributed by atoms with Crippen LogP contribution in [0.15, 0.2) is 155 Å². The molecule has 15 nitrogen and oxygen atoms in total. The number of carbonyl (C=O) groups is 2. The van der Waals surface area contributed by atoms with Gasteiger partial charge in [-0.2, -0.15) is 10.2 Å². The van der Waals surface area contributed by atoms with Crippen LogP contribution in [0.4, 0.5) is 0 Å². The molecule has 61 heavy (non-hydrogen) atoms. The Labute approximate surface area is 345 Å². The summed E-state index contributed by atoms with van der Waals surface area (Å²) >= 11 is 0. The van der Waals surface area contributed by atoms with Crippen LogP contribution in [-0.4, -0.2) is 58.2 Å². The predicted octanol–water partition coefficient (Wildman–Crippen LogP) is 7.76. The summed E-state index contributed by atoms with van der Waals surface area (Å²) in [7, 11) is 1.58. The smallest absolute Gasteiger partial charge is 0.248 e. The van der Waals surface area contributed by atoms with Crippen LogP contribution in [0.5, 0.6) is 5.75 Å². The lowest BCUT2D eigenvalue weighted by Crippen LogP contribution is -2.26. The first kappa shape index (κ1) is 37.8. The topological polar surface area (TPSA) is 210 Å². The van der Waals surface area contributed by atoms with E-state index in [1.165, 1.54) is 21.9 Å². The van der Waals surface area contributed by atoms with Crippen molar-refractivity contribution >= 4 is 33.6 Å². The number of para-hydroxylation sites is 4. The van der Waals surface area contributed by atoms with Crippen molar-refractivity contribution in [2.45, 2.75) is 6.92 Å². The number of ketones is 2. The minimum Gasteiger partial charge on any atom is -0.497 e. The largest absolute Gasteiger partial charge is 0.497 e. The molecule has 0 fully saturated rings. The third kappa shape index (κ3) is 7.45. The molecular weight excluding hydrogens is 773 g/mol. The molecule has 6 heterocycles. The maximum absolute atomic E-state index is 13.0. The molecule has 4 aromatic carbocycles. The standard InChI is InChI=1S/C23H17N5O3.C23H17N5O2/c1-30-15-10-8-14(9-11-15)28-22(24)16(23-25-17-5-2-3-6-18(17)26-23)13-19(27-28)21(29)20-7-4-12-31-20;1-14-6-4-7-15(12-14)28-22(24)16(23-25-17-8-2-3-9-18(17)26-23)13-19(27-28)21(29)20-10-5-11-30-20/h2-13,24H,1H3,(H,25,26);2-13,24H,1H3,(H,25,26). The van der Waals surface area contributed by atoms with Gasteiger partial charge in [-0.05, 0) is 110 Å². The molecule has 0 atom stereocenters. The normalized spacial score (nSPS) is 11.0. The monoisotopic (exact) mass is 806 g/mol. The number of carbonyl (C=O) groups excluding carboxylic acids is 2. The van der Waals surface area contributed by atoms with Crippen LogP contribution in [0.3, 0.4) is 0 Å². The highest BCUT2D eigenvalue weighted by Gasteiger charge is 2.21. The van der Waals surface area contributed by atoms with E-state index < -0.39 is 0 Å². The molecule has 0 unspecified atom stereocenters. The van der Waals surface area contributed by atoms with Gasteiger partial charge in [0.1, 0.15) is 28.8 Å². The fourth-order valence-corrected chi connectivity index (χ4v) is 6.68. The zero-order chi connectivity index (χ0) is 42.0. The average molecular weight is 807 g/mol. The third-order valence-corrected chi connectivity index (χ3v) is 9.72. The van der Waals surface area contributed by atoms with Crippen LogP contribution in [-0.2, 0) is 0 Å². The Morgan fingerprint density at radius 1 is 0.590 bits per heavy atom. The van der Waals surface area contributed by atoms with E-state index in [0.29, 0.717) is 39.9 Å². The number of aromatic nitrogens is 8. The Bertz CT molecular complexity index is 3270.